The molecule has 0 atom stereocenters. The van der Waals surface area contributed by atoms with E-state index in [9.17, 15) is 14.9 Å². The second-order valence-electron chi connectivity index (χ2n) is 7.32. The van der Waals surface area contributed by atoms with Crippen LogP contribution in [0.15, 0.2) is 48.0 Å². The van der Waals surface area contributed by atoms with Crippen LogP contribution in [0.1, 0.15) is 30.9 Å². The first-order valence-electron chi connectivity index (χ1n) is 10.4. The third-order valence-corrected chi connectivity index (χ3v) is 4.58. The van der Waals surface area contributed by atoms with E-state index in [-0.39, 0.29) is 30.2 Å². The van der Waals surface area contributed by atoms with Crippen LogP contribution in [0.4, 0.5) is 0 Å². The molecule has 0 saturated heterocycles. The van der Waals surface area contributed by atoms with Gasteiger partial charge in [-0.2, -0.15) is 5.26 Å². The maximum Gasteiger partial charge on any atom is 0.349 e. The number of nitrogens with zero attached hydrogens (tertiary/aromatic N) is 1. The summed E-state index contributed by atoms with van der Waals surface area (Å²) in [5.74, 6) is 0.333. The molecular weight excluding hydrogens is 424 g/mol. The molecule has 0 aliphatic rings. The number of hydrogen-bond donors (Lipinski definition) is 1. The van der Waals surface area contributed by atoms with E-state index in [4.69, 9.17) is 18.9 Å². The number of nitriles is 1. The zero-order valence-electron chi connectivity index (χ0n) is 19.2. The van der Waals surface area contributed by atoms with E-state index in [2.05, 4.69) is 19.2 Å². The van der Waals surface area contributed by atoms with Gasteiger partial charge in [0.1, 0.15) is 17.4 Å². The number of rotatable bonds is 11. The number of carbonyl (C=O) groups is 2. The third-order valence-electron chi connectivity index (χ3n) is 4.58. The average Bonchev–Trinajstić information content (AvgIpc) is 2.82. The molecule has 0 aliphatic carbocycles. The van der Waals surface area contributed by atoms with Crippen LogP contribution in [0, 0.1) is 11.3 Å². The van der Waals surface area contributed by atoms with E-state index < -0.39 is 11.9 Å². The second kappa shape index (κ2) is 12.9. The number of carbonyl (C=O) groups excluding carboxylic acids is 2. The number of benzene rings is 2. The molecule has 0 aromatic heterocycles. The lowest BCUT2D eigenvalue weighted by molar-refractivity contribution is -0.136. The van der Waals surface area contributed by atoms with Gasteiger partial charge in [0.15, 0.2) is 18.1 Å². The van der Waals surface area contributed by atoms with Crippen molar-refractivity contribution in [2.45, 2.75) is 19.8 Å². The number of ether oxygens (including phenoxy) is 4. The van der Waals surface area contributed by atoms with Crippen LogP contribution in [0.25, 0.3) is 6.08 Å². The summed E-state index contributed by atoms with van der Waals surface area (Å²) >= 11 is 0. The van der Waals surface area contributed by atoms with Crippen LogP contribution >= 0.6 is 0 Å². The van der Waals surface area contributed by atoms with E-state index in [1.54, 1.807) is 12.1 Å². The van der Waals surface area contributed by atoms with E-state index in [0.29, 0.717) is 23.8 Å². The molecule has 0 bridgehead atoms. The molecule has 0 radical (unpaired) electrons. The van der Waals surface area contributed by atoms with Crippen molar-refractivity contribution < 1.29 is 28.5 Å². The Morgan fingerprint density at radius 2 is 1.82 bits per heavy atom. The smallest absolute Gasteiger partial charge is 0.349 e. The molecule has 0 saturated carbocycles. The lowest BCUT2D eigenvalue weighted by atomic mass is 10.0. The average molecular weight is 453 g/mol. The molecule has 1 N–H and O–H groups in total. The van der Waals surface area contributed by atoms with Crippen LogP contribution in [-0.2, 0) is 14.3 Å². The Labute approximate surface area is 193 Å². The predicted octanol–water partition coefficient (Wildman–Crippen LogP) is 3.47. The van der Waals surface area contributed by atoms with Crippen molar-refractivity contribution in [2.75, 3.05) is 34.0 Å². The van der Waals surface area contributed by atoms with Crippen LogP contribution in [0.5, 0.6) is 17.2 Å². The first-order chi connectivity index (χ1) is 15.9. The monoisotopic (exact) mass is 452 g/mol. The van der Waals surface area contributed by atoms with E-state index in [1.807, 2.05) is 30.3 Å². The maximum absolute atomic E-state index is 12.2. The summed E-state index contributed by atoms with van der Waals surface area (Å²) in [6.45, 7) is 4.55. The fourth-order valence-corrected chi connectivity index (χ4v) is 2.78. The first-order valence-corrected chi connectivity index (χ1v) is 10.4. The van der Waals surface area contributed by atoms with Crippen LogP contribution < -0.4 is 19.5 Å². The minimum absolute atomic E-state index is 0.0743. The molecular formula is C25H28N2O6. The highest BCUT2D eigenvalue weighted by Gasteiger charge is 2.13. The number of methoxy groups -OCH3 is 2. The van der Waals surface area contributed by atoms with Gasteiger partial charge in [-0.1, -0.05) is 32.0 Å². The van der Waals surface area contributed by atoms with Gasteiger partial charge < -0.3 is 24.3 Å². The van der Waals surface area contributed by atoms with Gasteiger partial charge in [-0.3, -0.25) is 4.79 Å². The van der Waals surface area contributed by atoms with Crippen molar-refractivity contribution in [1.82, 2.24) is 5.32 Å². The van der Waals surface area contributed by atoms with Gasteiger partial charge in [-0.05, 0) is 47.4 Å². The minimum atomic E-state index is -0.597. The van der Waals surface area contributed by atoms with E-state index in [1.165, 1.54) is 31.9 Å². The summed E-state index contributed by atoms with van der Waals surface area (Å²) in [4.78, 5) is 24.3. The van der Waals surface area contributed by atoms with Crippen molar-refractivity contribution in [3.8, 4) is 23.3 Å². The van der Waals surface area contributed by atoms with Gasteiger partial charge in [0.2, 0.25) is 0 Å². The van der Waals surface area contributed by atoms with Crippen molar-refractivity contribution in [3.63, 3.8) is 0 Å². The molecule has 8 nitrogen and oxygen atoms in total. The van der Waals surface area contributed by atoms with Crippen molar-refractivity contribution in [3.05, 3.63) is 59.2 Å². The van der Waals surface area contributed by atoms with Crippen LogP contribution in [0.2, 0.25) is 0 Å². The molecule has 0 unspecified atom stereocenters. The van der Waals surface area contributed by atoms with Crippen molar-refractivity contribution >= 4 is 18.0 Å². The number of hydrogen-bond acceptors (Lipinski definition) is 7. The Hall–Kier alpha value is -3.83. The lowest BCUT2D eigenvalue weighted by Crippen LogP contribution is -2.27. The summed E-state index contributed by atoms with van der Waals surface area (Å²) in [6.07, 6.45) is 1.42. The Kier molecular flexibility index (Phi) is 9.93. The minimum Gasteiger partial charge on any atom is -0.493 e. The molecule has 1 amide bonds. The Bertz CT molecular complexity index is 1020. The zero-order valence-corrected chi connectivity index (χ0v) is 19.2. The van der Waals surface area contributed by atoms with Gasteiger partial charge in [0, 0.05) is 13.7 Å². The Morgan fingerprint density at radius 1 is 1.09 bits per heavy atom. The quantitative estimate of drug-likeness (QED) is 0.183. The summed E-state index contributed by atoms with van der Waals surface area (Å²) < 4.78 is 21.0. The SMILES string of the molecule is COCCNC(=O)/C(C#N)=C/c1ccc(OC(=O)COc2ccc(C(C)C)cc2)c(OC)c1. The van der Waals surface area contributed by atoms with Gasteiger partial charge in [0.05, 0.1) is 13.7 Å². The summed E-state index contributed by atoms with van der Waals surface area (Å²) in [7, 11) is 2.94. The molecule has 2 rings (SSSR count). The summed E-state index contributed by atoms with van der Waals surface area (Å²) in [6, 6.07) is 14.1. The van der Waals surface area contributed by atoms with Crippen molar-refractivity contribution in [1.29, 1.82) is 5.26 Å². The number of nitrogens with one attached hydrogen (secondary N) is 1. The summed E-state index contributed by atoms with van der Waals surface area (Å²) in [5, 5.41) is 11.9. The highest BCUT2D eigenvalue weighted by molar-refractivity contribution is 6.01. The predicted molar refractivity (Wildman–Crippen MR) is 123 cm³/mol. The fraction of sp³-hybridized carbons (Fsp3) is 0.320. The largest absolute Gasteiger partial charge is 0.493 e. The zero-order chi connectivity index (χ0) is 24.2. The Balaban J connectivity index is 2.02. The molecule has 8 heteroatoms. The molecule has 2 aromatic rings. The van der Waals surface area contributed by atoms with E-state index >= 15 is 0 Å². The van der Waals surface area contributed by atoms with Crippen LogP contribution in [-0.4, -0.2) is 45.9 Å². The normalized spacial score (nSPS) is 11.0. The topological polar surface area (TPSA) is 107 Å². The summed E-state index contributed by atoms with van der Waals surface area (Å²) in [5.41, 5.74) is 1.64. The van der Waals surface area contributed by atoms with Crippen molar-refractivity contribution in [2.24, 2.45) is 0 Å². The standard InChI is InChI=1S/C25H28N2O6/c1-17(2)19-6-8-21(9-7-19)32-16-24(28)33-22-10-5-18(14-23(22)31-4)13-20(15-26)25(29)27-11-12-30-3/h5-10,13-14,17H,11-12,16H2,1-4H3,(H,27,29)/b20-13+. The van der Waals surface area contributed by atoms with Gasteiger partial charge in [0.25, 0.3) is 5.91 Å². The van der Waals surface area contributed by atoms with E-state index in [0.717, 1.165) is 0 Å². The number of esters is 1. The molecule has 174 valence electrons. The third kappa shape index (κ3) is 7.98. The highest BCUT2D eigenvalue weighted by atomic mass is 16.6. The molecule has 2 aromatic carbocycles. The number of amides is 1. The molecule has 0 aliphatic heterocycles. The molecule has 33 heavy (non-hydrogen) atoms. The van der Waals surface area contributed by atoms with Crippen LogP contribution in [0.3, 0.4) is 0 Å². The van der Waals surface area contributed by atoms with Gasteiger partial charge in [-0.25, -0.2) is 4.79 Å². The molecule has 0 fully saturated rings. The Morgan fingerprint density at radius 3 is 2.42 bits per heavy atom. The highest BCUT2D eigenvalue weighted by Crippen LogP contribution is 2.29. The second-order valence-corrected chi connectivity index (χ2v) is 7.32. The first kappa shape index (κ1) is 25.4. The maximum atomic E-state index is 12.2. The van der Waals surface area contributed by atoms with Gasteiger partial charge >= 0.3 is 5.97 Å². The molecule has 0 spiro atoms. The molecule has 0 heterocycles. The fourth-order valence-electron chi connectivity index (χ4n) is 2.78. The lowest BCUT2D eigenvalue weighted by Gasteiger charge is -2.11. The van der Waals surface area contributed by atoms with Gasteiger partial charge in [-0.15, -0.1) is 0 Å².